The Labute approximate surface area is 154 Å². The van der Waals surface area contributed by atoms with Gasteiger partial charge < -0.3 is 15.4 Å². The lowest BCUT2D eigenvalue weighted by atomic mass is 10.2. The molecule has 0 aliphatic heterocycles. The summed E-state index contributed by atoms with van der Waals surface area (Å²) in [4.78, 5) is 16.5. The van der Waals surface area contributed by atoms with Crippen LogP contribution in [0.4, 0.5) is 21.5 Å². The lowest BCUT2D eigenvalue weighted by molar-refractivity contribution is 0.102. The van der Waals surface area contributed by atoms with Crippen molar-refractivity contribution in [3.8, 4) is 5.75 Å². The molecule has 7 heteroatoms. The van der Waals surface area contributed by atoms with Gasteiger partial charge in [0.2, 0.25) is 0 Å². The Bertz CT molecular complexity index is 950. The highest BCUT2D eigenvalue weighted by atomic mass is 35.5. The molecule has 0 aliphatic rings. The van der Waals surface area contributed by atoms with Gasteiger partial charge in [0.25, 0.3) is 5.91 Å². The van der Waals surface area contributed by atoms with E-state index in [2.05, 4.69) is 15.6 Å². The van der Waals surface area contributed by atoms with Crippen LogP contribution in [-0.2, 0) is 0 Å². The monoisotopic (exact) mass is 371 g/mol. The third-order valence-electron chi connectivity index (χ3n) is 3.56. The van der Waals surface area contributed by atoms with Crippen LogP contribution in [-0.4, -0.2) is 18.0 Å². The van der Waals surface area contributed by atoms with E-state index in [0.717, 1.165) is 0 Å². The number of aromatic nitrogens is 1. The summed E-state index contributed by atoms with van der Waals surface area (Å²) in [6, 6.07) is 13.0. The van der Waals surface area contributed by atoms with Crippen molar-refractivity contribution in [2.24, 2.45) is 0 Å². The molecule has 0 spiro atoms. The highest BCUT2D eigenvalue weighted by Gasteiger charge is 2.11. The molecule has 0 aliphatic carbocycles. The number of methoxy groups -OCH3 is 1. The van der Waals surface area contributed by atoms with Crippen LogP contribution < -0.4 is 15.4 Å². The zero-order chi connectivity index (χ0) is 18.5. The maximum atomic E-state index is 13.2. The van der Waals surface area contributed by atoms with Gasteiger partial charge in [-0.3, -0.25) is 9.78 Å². The van der Waals surface area contributed by atoms with Crippen LogP contribution in [0, 0.1) is 5.82 Å². The topological polar surface area (TPSA) is 63.2 Å². The van der Waals surface area contributed by atoms with Crippen LogP contribution in [0.3, 0.4) is 0 Å². The summed E-state index contributed by atoms with van der Waals surface area (Å²) in [5.74, 6) is -0.271. The van der Waals surface area contributed by atoms with Crippen molar-refractivity contribution in [1.82, 2.24) is 4.98 Å². The molecule has 0 saturated carbocycles. The van der Waals surface area contributed by atoms with E-state index in [9.17, 15) is 9.18 Å². The van der Waals surface area contributed by atoms with E-state index in [-0.39, 0.29) is 10.9 Å². The second-order valence-corrected chi connectivity index (χ2v) is 5.78. The number of halogens is 2. The molecule has 0 radical (unpaired) electrons. The van der Waals surface area contributed by atoms with E-state index < -0.39 is 5.82 Å². The van der Waals surface area contributed by atoms with Gasteiger partial charge >= 0.3 is 0 Å². The first kappa shape index (κ1) is 17.7. The van der Waals surface area contributed by atoms with Crippen LogP contribution in [0.15, 0.2) is 60.9 Å². The third kappa shape index (κ3) is 4.10. The molecule has 3 aromatic rings. The van der Waals surface area contributed by atoms with Gasteiger partial charge in [-0.05, 0) is 36.4 Å². The number of rotatable bonds is 5. The summed E-state index contributed by atoms with van der Waals surface area (Å²) in [6.45, 7) is 0. The summed E-state index contributed by atoms with van der Waals surface area (Å²) in [7, 11) is 1.53. The first-order chi connectivity index (χ1) is 12.6. The van der Waals surface area contributed by atoms with Gasteiger partial charge in [0, 0.05) is 11.9 Å². The van der Waals surface area contributed by atoms with Crippen molar-refractivity contribution < 1.29 is 13.9 Å². The number of para-hydroxylation sites is 2. The van der Waals surface area contributed by atoms with Gasteiger partial charge in [0.15, 0.2) is 0 Å². The third-order valence-corrected chi connectivity index (χ3v) is 3.85. The number of nitrogens with one attached hydrogen (secondary N) is 2. The van der Waals surface area contributed by atoms with Gasteiger partial charge in [0.1, 0.15) is 11.6 Å². The summed E-state index contributed by atoms with van der Waals surface area (Å²) < 4.78 is 18.5. The van der Waals surface area contributed by atoms with Crippen LogP contribution in [0.25, 0.3) is 0 Å². The van der Waals surface area contributed by atoms with Crippen LogP contribution in [0.2, 0.25) is 5.02 Å². The number of hydrogen-bond donors (Lipinski definition) is 2. The van der Waals surface area contributed by atoms with Gasteiger partial charge in [-0.15, -0.1) is 0 Å². The molecule has 26 heavy (non-hydrogen) atoms. The number of carbonyl (C=O) groups excluding carboxylic acids is 1. The fourth-order valence-electron chi connectivity index (χ4n) is 2.32. The molecule has 0 bridgehead atoms. The van der Waals surface area contributed by atoms with Crippen LogP contribution >= 0.6 is 11.6 Å². The highest BCUT2D eigenvalue weighted by molar-refractivity contribution is 6.31. The van der Waals surface area contributed by atoms with Crippen molar-refractivity contribution in [3.05, 3.63) is 77.3 Å². The summed E-state index contributed by atoms with van der Waals surface area (Å²) in [5.41, 5.74) is 2.07. The van der Waals surface area contributed by atoms with Crippen molar-refractivity contribution >= 4 is 34.6 Å². The minimum atomic E-state index is -0.500. The van der Waals surface area contributed by atoms with E-state index in [1.807, 2.05) is 6.07 Å². The normalized spacial score (nSPS) is 10.3. The van der Waals surface area contributed by atoms with Gasteiger partial charge in [0.05, 0.1) is 35.3 Å². The minimum Gasteiger partial charge on any atom is -0.495 e. The molecule has 0 saturated heterocycles. The Morgan fingerprint density at radius 1 is 1.12 bits per heavy atom. The lowest BCUT2D eigenvalue weighted by Gasteiger charge is -2.11. The van der Waals surface area contributed by atoms with Gasteiger partial charge in [-0.25, -0.2) is 4.39 Å². The quantitative estimate of drug-likeness (QED) is 0.671. The standard InChI is InChI=1S/C19H15ClFN3O2/c1-26-18-5-3-2-4-17(18)24-19(25)12-8-14(11-22-10-12)23-13-6-7-16(21)15(20)9-13/h2-11,23H,1H3,(H,24,25). The first-order valence-corrected chi connectivity index (χ1v) is 8.06. The predicted molar refractivity (Wildman–Crippen MR) is 99.9 cm³/mol. The maximum absolute atomic E-state index is 13.2. The van der Waals surface area contributed by atoms with E-state index >= 15 is 0 Å². The van der Waals surface area contributed by atoms with Crippen molar-refractivity contribution in [1.29, 1.82) is 0 Å². The average molecular weight is 372 g/mol. The van der Waals surface area contributed by atoms with Crippen molar-refractivity contribution in [2.45, 2.75) is 0 Å². The van der Waals surface area contributed by atoms with Gasteiger partial charge in [-0.1, -0.05) is 23.7 Å². The zero-order valence-electron chi connectivity index (χ0n) is 13.8. The average Bonchev–Trinajstić information content (AvgIpc) is 2.65. The van der Waals surface area contributed by atoms with Crippen molar-refractivity contribution in [2.75, 3.05) is 17.7 Å². The summed E-state index contributed by atoms with van der Waals surface area (Å²) in [5, 5.41) is 5.83. The molecule has 1 heterocycles. The lowest BCUT2D eigenvalue weighted by Crippen LogP contribution is -2.13. The van der Waals surface area contributed by atoms with Gasteiger partial charge in [-0.2, -0.15) is 0 Å². The second kappa shape index (κ2) is 7.84. The van der Waals surface area contributed by atoms with E-state index in [1.165, 1.54) is 25.4 Å². The fraction of sp³-hybridized carbons (Fsp3) is 0.0526. The van der Waals surface area contributed by atoms with E-state index in [1.54, 1.807) is 36.5 Å². The van der Waals surface area contributed by atoms with Crippen molar-refractivity contribution in [3.63, 3.8) is 0 Å². The fourth-order valence-corrected chi connectivity index (χ4v) is 2.50. The molecular formula is C19H15ClFN3O2. The molecule has 2 N–H and O–H groups in total. The SMILES string of the molecule is COc1ccccc1NC(=O)c1cncc(Nc2ccc(F)c(Cl)c2)c1. The Hall–Kier alpha value is -3.12. The molecule has 0 atom stereocenters. The summed E-state index contributed by atoms with van der Waals surface area (Å²) in [6.07, 6.45) is 3.00. The number of hydrogen-bond acceptors (Lipinski definition) is 4. The molecule has 2 aromatic carbocycles. The minimum absolute atomic E-state index is 0.00743. The number of pyridine rings is 1. The van der Waals surface area contributed by atoms with Crippen LogP contribution in [0.5, 0.6) is 5.75 Å². The number of nitrogens with zero attached hydrogens (tertiary/aromatic N) is 1. The molecule has 3 rings (SSSR count). The molecule has 1 aromatic heterocycles. The summed E-state index contributed by atoms with van der Waals surface area (Å²) >= 11 is 5.77. The first-order valence-electron chi connectivity index (χ1n) is 7.68. The maximum Gasteiger partial charge on any atom is 0.257 e. The number of carbonyl (C=O) groups is 1. The number of amides is 1. The molecule has 5 nitrogen and oxygen atoms in total. The zero-order valence-corrected chi connectivity index (χ0v) is 14.5. The Morgan fingerprint density at radius 3 is 2.69 bits per heavy atom. The molecule has 132 valence electrons. The second-order valence-electron chi connectivity index (χ2n) is 5.37. The smallest absolute Gasteiger partial charge is 0.257 e. The molecule has 1 amide bonds. The Balaban J connectivity index is 1.78. The Morgan fingerprint density at radius 2 is 1.92 bits per heavy atom. The number of anilines is 3. The van der Waals surface area contributed by atoms with E-state index in [4.69, 9.17) is 16.3 Å². The molecule has 0 fully saturated rings. The molecular weight excluding hydrogens is 357 g/mol. The number of ether oxygens (including phenoxy) is 1. The largest absolute Gasteiger partial charge is 0.495 e. The molecule has 0 unspecified atom stereocenters. The van der Waals surface area contributed by atoms with E-state index in [0.29, 0.717) is 28.4 Å². The number of benzene rings is 2. The highest BCUT2D eigenvalue weighted by Crippen LogP contribution is 2.25. The van der Waals surface area contributed by atoms with Crippen LogP contribution in [0.1, 0.15) is 10.4 Å². The predicted octanol–water partition coefficient (Wildman–Crippen LogP) is 4.88. The Kier molecular flexibility index (Phi) is 5.34.